The summed E-state index contributed by atoms with van der Waals surface area (Å²) in [5.74, 6) is 1.11. The summed E-state index contributed by atoms with van der Waals surface area (Å²) in [5, 5.41) is 9.30. The quantitative estimate of drug-likeness (QED) is 0.861. The largest absolute Gasteiger partial charge is 0.437 e. The summed E-state index contributed by atoms with van der Waals surface area (Å²) in [6, 6.07) is 11.9. The maximum atomic E-state index is 9.30. The molecule has 4 nitrogen and oxygen atoms in total. The number of pyridine rings is 1. The van der Waals surface area contributed by atoms with Crippen LogP contribution in [0.1, 0.15) is 22.4 Å². The van der Waals surface area contributed by atoms with Gasteiger partial charge in [0.15, 0.2) is 0 Å². The molecule has 1 aromatic carbocycles. The average molecular weight is 281 g/mol. The molecule has 0 atom stereocenters. The number of rotatable bonds is 4. The van der Waals surface area contributed by atoms with Crippen LogP contribution < -0.4 is 4.74 Å². The molecule has 2 rings (SSSR count). The average Bonchev–Trinajstić information content (AvgIpc) is 2.40. The van der Waals surface area contributed by atoms with Gasteiger partial charge in [0, 0.05) is 17.8 Å². The SMILES string of the molecule is Cc1cc(C)c(C#N)c(Oc2ccccc2CN(C)C)n1. The molecule has 0 spiro atoms. The molecular weight excluding hydrogens is 262 g/mol. The van der Waals surface area contributed by atoms with Crippen LogP contribution in [-0.2, 0) is 6.54 Å². The van der Waals surface area contributed by atoms with Crippen molar-refractivity contribution in [3.05, 3.63) is 52.7 Å². The Balaban J connectivity index is 2.42. The van der Waals surface area contributed by atoms with Crippen LogP contribution in [0.4, 0.5) is 0 Å². The molecule has 0 saturated carbocycles. The fraction of sp³-hybridized carbons (Fsp3) is 0.294. The van der Waals surface area contributed by atoms with Crippen molar-refractivity contribution in [1.29, 1.82) is 5.26 Å². The summed E-state index contributed by atoms with van der Waals surface area (Å²) < 4.78 is 5.93. The van der Waals surface area contributed by atoms with Crippen LogP contribution in [0.15, 0.2) is 30.3 Å². The Bertz CT molecular complexity index is 687. The van der Waals surface area contributed by atoms with E-state index in [4.69, 9.17) is 4.74 Å². The first-order valence-corrected chi connectivity index (χ1v) is 6.80. The van der Waals surface area contributed by atoms with Gasteiger partial charge in [-0.1, -0.05) is 18.2 Å². The van der Waals surface area contributed by atoms with Crippen LogP contribution in [0.25, 0.3) is 0 Å². The summed E-state index contributed by atoms with van der Waals surface area (Å²) in [4.78, 5) is 6.43. The second kappa shape index (κ2) is 6.38. The molecule has 0 saturated heterocycles. The molecule has 0 radical (unpaired) electrons. The number of hydrogen-bond acceptors (Lipinski definition) is 4. The van der Waals surface area contributed by atoms with Gasteiger partial charge in [0.05, 0.1) is 0 Å². The van der Waals surface area contributed by atoms with Crippen LogP contribution in [0.5, 0.6) is 11.6 Å². The number of hydrogen-bond donors (Lipinski definition) is 0. The normalized spacial score (nSPS) is 10.5. The minimum absolute atomic E-state index is 0.376. The molecule has 0 unspecified atom stereocenters. The molecule has 2 aromatic rings. The predicted octanol–water partition coefficient (Wildman–Crippen LogP) is 3.42. The van der Waals surface area contributed by atoms with E-state index in [2.05, 4.69) is 16.0 Å². The Morgan fingerprint density at radius 1 is 1.24 bits per heavy atom. The van der Waals surface area contributed by atoms with Crippen molar-refractivity contribution in [3.63, 3.8) is 0 Å². The minimum atomic E-state index is 0.376. The Hall–Kier alpha value is -2.38. The summed E-state index contributed by atoms with van der Waals surface area (Å²) in [5.41, 5.74) is 3.27. The molecule has 108 valence electrons. The molecule has 0 N–H and O–H groups in total. The summed E-state index contributed by atoms with van der Waals surface area (Å²) in [6.45, 7) is 4.56. The summed E-state index contributed by atoms with van der Waals surface area (Å²) >= 11 is 0. The van der Waals surface area contributed by atoms with E-state index in [1.165, 1.54) is 0 Å². The van der Waals surface area contributed by atoms with Gasteiger partial charge in [-0.2, -0.15) is 5.26 Å². The smallest absolute Gasteiger partial charge is 0.237 e. The molecule has 0 amide bonds. The second-order valence-electron chi connectivity index (χ2n) is 5.32. The van der Waals surface area contributed by atoms with E-state index in [-0.39, 0.29) is 0 Å². The first-order valence-electron chi connectivity index (χ1n) is 6.80. The molecular formula is C17H19N3O. The lowest BCUT2D eigenvalue weighted by Gasteiger charge is -2.15. The van der Waals surface area contributed by atoms with E-state index < -0.39 is 0 Å². The number of ether oxygens (including phenoxy) is 1. The molecule has 0 aliphatic carbocycles. The van der Waals surface area contributed by atoms with E-state index >= 15 is 0 Å². The van der Waals surface area contributed by atoms with Crippen molar-refractivity contribution in [3.8, 4) is 17.7 Å². The number of nitriles is 1. The number of nitrogens with zero attached hydrogens (tertiary/aromatic N) is 3. The van der Waals surface area contributed by atoms with Crippen LogP contribution in [0.2, 0.25) is 0 Å². The molecule has 4 heteroatoms. The zero-order valence-corrected chi connectivity index (χ0v) is 12.8. The van der Waals surface area contributed by atoms with Crippen molar-refractivity contribution in [2.45, 2.75) is 20.4 Å². The second-order valence-corrected chi connectivity index (χ2v) is 5.32. The maximum Gasteiger partial charge on any atom is 0.237 e. The Morgan fingerprint density at radius 2 is 1.95 bits per heavy atom. The number of aromatic nitrogens is 1. The molecule has 1 aromatic heterocycles. The highest BCUT2D eigenvalue weighted by atomic mass is 16.5. The molecule has 0 fully saturated rings. The van der Waals surface area contributed by atoms with Gasteiger partial charge in [-0.15, -0.1) is 0 Å². The fourth-order valence-corrected chi connectivity index (χ4v) is 2.19. The third-order valence-electron chi connectivity index (χ3n) is 3.09. The number of aryl methyl sites for hydroxylation is 2. The lowest BCUT2D eigenvalue weighted by atomic mass is 10.1. The standard InChI is InChI=1S/C17H19N3O/c1-12-9-13(2)19-17(15(12)10-18)21-16-8-6-5-7-14(16)11-20(3)4/h5-9H,11H2,1-4H3. The first kappa shape index (κ1) is 15.0. The Morgan fingerprint density at radius 3 is 2.62 bits per heavy atom. The lowest BCUT2D eigenvalue weighted by Crippen LogP contribution is -2.11. The van der Waals surface area contributed by atoms with Gasteiger partial charge in [-0.05, 0) is 45.6 Å². The van der Waals surface area contributed by atoms with Gasteiger partial charge < -0.3 is 9.64 Å². The third kappa shape index (κ3) is 3.59. The van der Waals surface area contributed by atoms with Crippen LogP contribution in [0.3, 0.4) is 0 Å². The highest BCUT2D eigenvalue weighted by Gasteiger charge is 2.13. The van der Waals surface area contributed by atoms with Crippen molar-refractivity contribution in [1.82, 2.24) is 9.88 Å². The van der Waals surface area contributed by atoms with E-state index in [0.29, 0.717) is 11.4 Å². The van der Waals surface area contributed by atoms with Gasteiger partial charge in [0.2, 0.25) is 5.88 Å². The van der Waals surface area contributed by atoms with Crippen molar-refractivity contribution >= 4 is 0 Å². The maximum absolute atomic E-state index is 9.30. The molecule has 0 aliphatic heterocycles. The molecule has 0 bridgehead atoms. The Kier molecular flexibility index (Phi) is 4.56. The number of benzene rings is 1. The topological polar surface area (TPSA) is 49.1 Å². The van der Waals surface area contributed by atoms with Crippen molar-refractivity contribution in [2.24, 2.45) is 0 Å². The van der Waals surface area contributed by atoms with E-state index in [1.807, 2.05) is 58.3 Å². The van der Waals surface area contributed by atoms with E-state index in [9.17, 15) is 5.26 Å². The minimum Gasteiger partial charge on any atom is -0.437 e. The van der Waals surface area contributed by atoms with Gasteiger partial charge in [-0.3, -0.25) is 0 Å². The number of para-hydroxylation sites is 1. The van der Waals surface area contributed by atoms with Crippen LogP contribution in [0, 0.1) is 25.2 Å². The van der Waals surface area contributed by atoms with Gasteiger partial charge >= 0.3 is 0 Å². The van der Waals surface area contributed by atoms with E-state index in [1.54, 1.807) is 0 Å². The highest BCUT2D eigenvalue weighted by molar-refractivity contribution is 5.47. The zero-order chi connectivity index (χ0) is 15.4. The lowest BCUT2D eigenvalue weighted by molar-refractivity contribution is 0.385. The van der Waals surface area contributed by atoms with Crippen molar-refractivity contribution in [2.75, 3.05) is 14.1 Å². The molecule has 21 heavy (non-hydrogen) atoms. The third-order valence-corrected chi connectivity index (χ3v) is 3.09. The van der Waals surface area contributed by atoms with Crippen molar-refractivity contribution < 1.29 is 4.74 Å². The first-order chi connectivity index (χ1) is 10.0. The molecule has 0 aliphatic rings. The van der Waals surface area contributed by atoms with Gasteiger partial charge in [0.25, 0.3) is 0 Å². The van der Waals surface area contributed by atoms with Gasteiger partial charge in [0.1, 0.15) is 17.4 Å². The fourth-order valence-electron chi connectivity index (χ4n) is 2.19. The monoisotopic (exact) mass is 281 g/mol. The van der Waals surface area contributed by atoms with Crippen LogP contribution >= 0.6 is 0 Å². The van der Waals surface area contributed by atoms with E-state index in [0.717, 1.165) is 29.1 Å². The van der Waals surface area contributed by atoms with Crippen LogP contribution in [-0.4, -0.2) is 24.0 Å². The Labute approximate surface area is 125 Å². The summed E-state index contributed by atoms with van der Waals surface area (Å²) in [6.07, 6.45) is 0. The highest BCUT2D eigenvalue weighted by Crippen LogP contribution is 2.28. The molecule has 1 heterocycles. The van der Waals surface area contributed by atoms with Gasteiger partial charge in [-0.25, -0.2) is 4.98 Å². The zero-order valence-electron chi connectivity index (χ0n) is 12.8. The summed E-state index contributed by atoms with van der Waals surface area (Å²) in [7, 11) is 4.01. The predicted molar refractivity (Wildman–Crippen MR) is 82.3 cm³/mol.